The van der Waals surface area contributed by atoms with E-state index in [2.05, 4.69) is 87.7 Å². The van der Waals surface area contributed by atoms with Gasteiger partial charge in [-0.25, -0.2) is 9.83 Å². The molecule has 2 atom stereocenters. The van der Waals surface area contributed by atoms with Crippen LogP contribution in [0.4, 0.5) is 11.4 Å². The molecule has 0 saturated heterocycles. The largest absolute Gasteiger partial charge is 0.506 e. The molecule has 0 saturated carbocycles. The lowest BCUT2D eigenvalue weighted by molar-refractivity contribution is 0.245. The van der Waals surface area contributed by atoms with Gasteiger partial charge in [0.2, 0.25) is 5.88 Å². The topological polar surface area (TPSA) is 62.3 Å². The van der Waals surface area contributed by atoms with Crippen molar-refractivity contribution in [2.45, 2.75) is 65.5 Å². The summed E-state index contributed by atoms with van der Waals surface area (Å²) in [4.78, 5) is 16.1. The molecule has 0 radical (unpaired) electrons. The Morgan fingerprint density at radius 3 is 2.46 bits per heavy atom. The highest BCUT2D eigenvalue weighted by Gasteiger charge is 2.49. The number of aromatic nitrogens is 1. The van der Waals surface area contributed by atoms with Gasteiger partial charge in [0, 0.05) is 22.7 Å². The number of pyridine rings is 1. The van der Waals surface area contributed by atoms with Gasteiger partial charge in [-0.2, -0.15) is 0 Å². The summed E-state index contributed by atoms with van der Waals surface area (Å²) in [5, 5.41) is 11.7. The van der Waals surface area contributed by atoms with Crippen LogP contribution in [0.3, 0.4) is 0 Å². The predicted molar refractivity (Wildman–Crippen MR) is 186 cm³/mol. The van der Waals surface area contributed by atoms with Crippen molar-refractivity contribution < 1.29 is 9.84 Å². The van der Waals surface area contributed by atoms with Crippen LogP contribution in [0, 0.1) is 18.9 Å². The van der Waals surface area contributed by atoms with Gasteiger partial charge in [-0.05, 0) is 95.0 Å². The zero-order valence-corrected chi connectivity index (χ0v) is 27.2. The molecule has 46 heavy (non-hydrogen) atoms. The number of ether oxygens (including phenoxy) is 1. The molecule has 1 aliphatic carbocycles. The number of nitrogens with zero attached hydrogens (tertiary/aromatic N) is 4. The van der Waals surface area contributed by atoms with Gasteiger partial charge in [0.15, 0.2) is 5.69 Å². The van der Waals surface area contributed by atoms with Crippen LogP contribution in [0.1, 0.15) is 68.5 Å². The van der Waals surface area contributed by atoms with Crippen molar-refractivity contribution in [2.75, 3.05) is 4.90 Å². The van der Waals surface area contributed by atoms with Crippen LogP contribution in [-0.4, -0.2) is 22.0 Å². The molecule has 2 heterocycles. The van der Waals surface area contributed by atoms with E-state index in [1.54, 1.807) is 6.07 Å². The molecule has 5 aromatic rings. The van der Waals surface area contributed by atoms with Crippen molar-refractivity contribution in [3.8, 4) is 17.4 Å². The summed E-state index contributed by atoms with van der Waals surface area (Å²) in [6.07, 6.45) is 0.950. The van der Waals surface area contributed by atoms with Crippen molar-refractivity contribution in [3.63, 3.8) is 0 Å². The highest BCUT2D eigenvalue weighted by Crippen LogP contribution is 2.51. The van der Waals surface area contributed by atoms with Gasteiger partial charge in [0.1, 0.15) is 22.9 Å². The van der Waals surface area contributed by atoms with Crippen LogP contribution in [0.15, 0.2) is 96.0 Å². The van der Waals surface area contributed by atoms with E-state index in [9.17, 15) is 5.11 Å². The average molecular weight is 607 g/mol. The second-order valence-electron chi connectivity index (χ2n) is 14.3. The second-order valence-corrected chi connectivity index (χ2v) is 14.3. The lowest BCUT2D eigenvalue weighted by atomic mass is 9.68. The smallest absolute Gasteiger partial charge is 0.219 e. The summed E-state index contributed by atoms with van der Waals surface area (Å²) in [6.45, 7) is 20.5. The molecule has 1 N–H and O–H groups in total. The number of amidine groups is 1. The Balaban J connectivity index is 1.31. The molecule has 0 spiro atoms. The van der Waals surface area contributed by atoms with E-state index in [0.717, 1.165) is 40.0 Å². The minimum atomic E-state index is -0.0938. The van der Waals surface area contributed by atoms with Crippen molar-refractivity contribution in [1.29, 1.82) is 0 Å². The van der Waals surface area contributed by atoms with Gasteiger partial charge in [-0.1, -0.05) is 71.0 Å². The number of aliphatic imine (C=N–C) groups is 1. The summed E-state index contributed by atoms with van der Waals surface area (Å²) in [5.41, 5.74) is 7.63. The number of benzene rings is 4. The molecule has 1 aliphatic heterocycles. The number of rotatable bonds is 4. The number of aromatic hydroxyl groups is 1. The maximum Gasteiger partial charge on any atom is 0.219 e. The van der Waals surface area contributed by atoms with Crippen molar-refractivity contribution in [3.05, 3.63) is 130 Å². The molecule has 6 heteroatoms. The number of hydrogen-bond acceptors (Lipinski definition) is 5. The van der Waals surface area contributed by atoms with Crippen LogP contribution in [0.25, 0.3) is 15.7 Å². The summed E-state index contributed by atoms with van der Waals surface area (Å²) in [5.74, 6) is 2.07. The lowest BCUT2D eigenvalue weighted by Crippen LogP contribution is -2.43. The number of phenolic OH excluding ortho intramolecular Hbond substituents is 1. The molecule has 4 aromatic carbocycles. The summed E-state index contributed by atoms with van der Waals surface area (Å²) in [6, 6.07) is 30.4. The van der Waals surface area contributed by atoms with Crippen LogP contribution in [0.2, 0.25) is 0 Å². The van der Waals surface area contributed by atoms with E-state index in [1.165, 1.54) is 11.1 Å². The maximum atomic E-state index is 10.9. The molecule has 230 valence electrons. The van der Waals surface area contributed by atoms with Gasteiger partial charge in [0.25, 0.3) is 0 Å². The molecule has 0 amide bonds. The SMILES string of the molecule is [C-]#[N+]c1ccc(N2C(c3cc(C)cc(Oc4ccc5cc(C(C)(C)C)cc(O)c5n4)c3)=N[C@@H]3[C@H]2c2ccccc2CC3(C)C)cc1. The molecule has 0 fully saturated rings. The Morgan fingerprint density at radius 2 is 1.72 bits per heavy atom. The lowest BCUT2D eigenvalue weighted by Gasteiger charge is -2.43. The zero-order valence-electron chi connectivity index (χ0n) is 27.2. The van der Waals surface area contributed by atoms with Crippen LogP contribution in [-0.2, 0) is 11.8 Å². The Bertz CT molecular complexity index is 2070. The normalized spacial score (nSPS) is 18.5. The van der Waals surface area contributed by atoms with E-state index in [4.69, 9.17) is 21.3 Å². The monoisotopic (exact) mass is 606 g/mol. The Kier molecular flexibility index (Phi) is 6.90. The summed E-state index contributed by atoms with van der Waals surface area (Å²) >= 11 is 0. The standard InChI is InChI=1S/C40H38N4O2/c1-24-18-27(21-31(19-24)46-34-17-12-25-20-28(39(2,3)4)22-33(45)35(25)42-34)38-43-37-36(44(38)30-15-13-29(41-7)14-16-30)32-11-9-8-10-26(32)23-40(37,5)6/h8-22,36-37,45H,23H2,1-6H3/t36-,37-/m1/s1. The minimum absolute atomic E-state index is 0.0155. The zero-order chi connectivity index (χ0) is 32.4. The number of anilines is 1. The molecule has 6 nitrogen and oxygen atoms in total. The third kappa shape index (κ3) is 5.16. The number of phenols is 1. The van der Waals surface area contributed by atoms with Crippen molar-refractivity contribution in [2.24, 2.45) is 10.4 Å². The molecule has 0 unspecified atom stereocenters. The first-order chi connectivity index (χ1) is 21.9. The minimum Gasteiger partial charge on any atom is -0.506 e. The first kappa shape index (κ1) is 29.6. The number of fused-ring (bicyclic) bond motifs is 4. The van der Waals surface area contributed by atoms with Gasteiger partial charge in [-0.15, -0.1) is 0 Å². The fraction of sp³-hybridized carbons (Fsp3) is 0.275. The van der Waals surface area contributed by atoms with Gasteiger partial charge in [-0.3, -0.25) is 4.99 Å². The average Bonchev–Trinajstić information content (AvgIpc) is 3.43. The van der Waals surface area contributed by atoms with Crippen LogP contribution < -0.4 is 9.64 Å². The Hall–Kier alpha value is -5.15. The quantitative estimate of drug-likeness (QED) is 0.207. The molecule has 2 aliphatic rings. The molecular formula is C40H38N4O2. The van der Waals surface area contributed by atoms with Gasteiger partial charge >= 0.3 is 0 Å². The van der Waals surface area contributed by atoms with Gasteiger partial charge in [0.05, 0.1) is 18.7 Å². The number of aryl methyl sites for hydroxylation is 1. The van der Waals surface area contributed by atoms with E-state index in [-0.39, 0.29) is 28.7 Å². The van der Waals surface area contributed by atoms with Crippen molar-refractivity contribution in [1.82, 2.24) is 4.98 Å². The third-order valence-electron chi connectivity index (χ3n) is 9.29. The van der Waals surface area contributed by atoms with Gasteiger partial charge < -0.3 is 14.7 Å². The fourth-order valence-corrected chi connectivity index (χ4v) is 6.96. The highest BCUT2D eigenvalue weighted by molar-refractivity contribution is 6.12. The first-order valence-electron chi connectivity index (χ1n) is 15.8. The van der Waals surface area contributed by atoms with E-state index >= 15 is 0 Å². The molecule has 0 bridgehead atoms. The van der Waals surface area contributed by atoms with Crippen LogP contribution >= 0.6 is 0 Å². The Labute approximate surface area is 270 Å². The maximum absolute atomic E-state index is 10.9. The first-order valence-corrected chi connectivity index (χ1v) is 15.8. The van der Waals surface area contributed by atoms with Crippen molar-refractivity contribution >= 4 is 28.1 Å². The summed E-state index contributed by atoms with van der Waals surface area (Å²) in [7, 11) is 0. The van der Waals surface area contributed by atoms with Crippen LogP contribution in [0.5, 0.6) is 17.4 Å². The van der Waals surface area contributed by atoms with E-state index in [0.29, 0.717) is 22.8 Å². The Morgan fingerprint density at radius 1 is 0.957 bits per heavy atom. The molecular weight excluding hydrogens is 568 g/mol. The highest BCUT2D eigenvalue weighted by atomic mass is 16.5. The third-order valence-corrected chi connectivity index (χ3v) is 9.29. The van der Waals surface area contributed by atoms with E-state index < -0.39 is 0 Å². The second kappa shape index (κ2) is 10.7. The number of hydrogen-bond donors (Lipinski definition) is 1. The molecule has 1 aromatic heterocycles. The van der Waals surface area contributed by atoms with E-state index in [1.807, 2.05) is 48.5 Å². The predicted octanol–water partition coefficient (Wildman–Crippen LogP) is 9.85. The molecule has 7 rings (SSSR count). The fourth-order valence-electron chi connectivity index (χ4n) is 6.96. The summed E-state index contributed by atoms with van der Waals surface area (Å²) < 4.78 is 6.38.